The number of anilines is 1. The van der Waals surface area contributed by atoms with Crippen LogP contribution in [0, 0.1) is 19.8 Å². The number of aromatic nitrogens is 2. The Morgan fingerprint density at radius 2 is 1.93 bits per heavy atom. The lowest BCUT2D eigenvalue weighted by atomic mass is 9.92. The molecule has 1 saturated heterocycles. The zero-order valence-corrected chi connectivity index (χ0v) is 19.8. The zero-order valence-electron chi connectivity index (χ0n) is 16.9. The van der Waals surface area contributed by atoms with Crippen LogP contribution in [0.15, 0.2) is 29.2 Å². The molecule has 1 aliphatic rings. The fourth-order valence-electron chi connectivity index (χ4n) is 3.81. The van der Waals surface area contributed by atoms with Crippen LogP contribution in [-0.4, -0.2) is 31.6 Å². The van der Waals surface area contributed by atoms with Gasteiger partial charge in [0.1, 0.15) is 0 Å². The number of nitrogens with zero attached hydrogens (tertiary/aromatic N) is 2. The molecule has 1 aromatic carbocycles. The zero-order chi connectivity index (χ0) is 20.4. The van der Waals surface area contributed by atoms with Crippen LogP contribution in [0.4, 0.5) is 5.69 Å². The number of hydrogen-bond donors (Lipinski definition) is 3. The summed E-state index contributed by atoms with van der Waals surface area (Å²) in [5, 5.41) is 7.73. The highest BCUT2D eigenvalue weighted by atomic mass is 127. The monoisotopic (exact) mass is 518 g/mol. The van der Waals surface area contributed by atoms with E-state index in [9.17, 15) is 8.76 Å². The molecule has 2 heterocycles. The van der Waals surface area contributed by atoms with Gasteiger partial charge in [0.2, 0.25) is 0 Å². The van der Waals surface area contributed by atoms with E-state index in [1.807, 2.05) is 33.0 Å². The number of halogens is 1. The van der Waals surface area contributed by atoms with Crippen LogP contribution in [0.5, 0.6) is 0 Å². The van der Waals surface area contributed by atoms with Crippen LogP contribution in [0.25, 0.3) is 0 Å². The molecule has 3 rings (SSSR count). The highest BCUT2D eigenvalue weighted by Gasteiger charge is 2.28. The van der Waals surface area contributed by atoms with Crippen molar-refractivity contribution >= 4 is 33.6 Å². The molecule has 2 aromatic rings. The summed E-state index contributed by atoms with van der Waals surface area (Å²) < 4.78 is 29.0. The average molecular weight is 518 g/mol. The SMILES string of the molecule is Cc1nn(C)c(C)c1NS(=O)(O)(I)c1ccc(CCCC2CCNCC2)cc1. The highest BCUT2D eigenvalue weighted by molar-refractivity contribution is 14.2. The van der Waals surface area contributed by atoms with Crippen molar-refractivity contribution in [2.24, 2.45) is 13.0 Å². The molecule has 156 valence electrons. The molecule has 0 unspecified atom stereocenters. The molecule has 0 atom stereocenters. The minimum Gasteiger partial charge on any atom is -0.317 e. The van der Waals surface area contributed by atoms with Gasteiger partial charge in [-0.1, -0.05) is 25.3 Å². The van der Waals surface area contributed by atoms with Gasteiger partial charge < -0.3 is 5.32 Å². The van der Waals surface area contributed by atoms with Crippen LogP contribution in [0.3, 0.4) is 0 Å². The van der Waals surface area contributed by atoms with Gasteiger partial charge in [-0.15, -0.1) is 0 Å². The lowest BCUT2D eigenvalue weighted by Gasteiger charge is -2.38. The molecule has 3 N–H and O–H groups in total. The van der Waals surface area contributed by atoms with Crippen molar-refractivity contribution < 1.29 is 8.76 Å². The second kappa shape index (κ2) is 8.41. The molecule has 1 fully saturated rings. The summed E-state index contributed by atoms with van der Waals surface area (Å²) in [5.74, 6) is 0.839. The Labute approximate surface area is 179 Å². The summed E-state index contributed by atoms with van der Waals surface area (Å²) in [4.78, 5) is 0.391. The molecule has 0 spiro atoms. The van der Waals surface area contributed by atoms with Gasteiger partial charge in [0.05, 0.1) is 43.2 Å². The lowest BCUT2D eigenvalue weighted by Crippen LogP contribution is -2.33. The third kappa shape index (κ3) is 5.14. The fourth-order valence-corrected chi connectivity index (χ4v) is 6.73. The van der Waals surface area contributed by atoms with Gasteiger partial charge in [0.15, 0.2) is 0 Å². The first-order valence-corrected chi connectivity index (χ1v) is 14.3. The highest BCUT2D eigenvalue weighted by Crippen LogP contribution is 2.42. The van der Waals surface area contributed by atoms with Crippen LogP contribution in [0.1, 0.15) is 42.6 Å². The molecule has 1 aromatic heterocycles. The second-order valence-electron chi connectivity index (χ2n) is 7.81. The Morgan fingerprint density at radius 1 is 1.29 bits per heavy atom. The van der Waals surface area contributed by atoms with E-state index in [4.69, 9.17) is 0 Å². The first kappa shape index (κ1) is 21.7. The van der Waals surface area contributed by atoms with Gasteiger partial charge in [-0.05, 0) is 76.2 Å². The van der Waals surface area contributed by atoms with E-state index in [1.54, 1.807) is 38.0 Å². The van der Waals surface area contributed by atoms with Gasteiger partial charge in [-0.25, -0.2) is 0 Å². The molecule has 1 aliphatic heterocycles. The Morgan fingerprint density at radius 3 is 2.50 bits per heavy atom. The van der Waals surface area contributed by atoms with Crippen LogP contribution in [0.2, 0.25) is 0 Å². The molecule has 0 bridgehead atoms. The molecule has 0 amide bonds. The third-order valence-electron chi connectivity index (χ3n) is 5.66. The maximum atomic E-state index is 13.4. The standard InChI is InChI=1S/C20H31IN4O2S/c1-15-20(16(2)25(3)23-15)24-28(21,26,27)19-9-7-17(8-10-19)5-4-6-18-11-13-22-14-12-18/h7-10,18,22H,4-6,11-14H2,1-3H3,(H2,24,26,27). The number of hydrogen-bond acceptors (Lipinski definition) is 3. The Bertz CT molecular complexity index is 882. The molecular formula is C20H31IN4O2S. The molecule has 0 saturated carbocycles. The quantitative estimate of drug-likeness (QED) is 0.376. The van der Waals surface area contributed by atoms with Crippen LogP contribution >= 0.6 is 21.2 Å². The van der Waals surface area contributed by atoms with Crippen molar-refractivity contribution in [1.29, 1.82) is 0 Å². The third-order valence-corrected chi connectivity index (χ3v) is 9.49. The van der Waals surface area contributed by atoms with Gasteiger partial charge in [-0.3, -0.25) is 14.0 Å². The predicted molar refractivity (Wildman–Crippen MR) is 124 cm³/mol. The molecule has 0 aliphatic carbocycles. The van der Waals surface area contributed by atoms with Crippen LogP contribution in [-0.2, 0) is 20.2 Å². The van der Waals surface area contributed by atoms with Gasteiger partial charge in [0, 0.05) is 7.05 Å². The van der Waals surface area contributed by atoms with E-state index in [2.05, 4.69) is 15.1 Å². The Hall–Kier alpha value is -0.970. The summed E-state index contributed by atoms with van der Waals surface area (Å²) in [6.07, 6.45) is 5.99. The maximum absolute atomic E-state index is 13.4. The molecule has 0 radical (unpaired) electrons. The maximum Gasteiger partial charge on any atom is 0.0979 e. The number of piperidine rings is 1. The second-order valence-corrected chi connectivity index (χ2v) is 15.0. The minimum absolute atomic E-state index is 0.391. The van der Waals surface area contributed by atoms with Gasteiger partial charge in [-0.2, -0.15) is 9.31 Å². The van der Waals surface area contributed by atoms with Crippen molar-refractivity contribution in [2.45, 2.75) is 50.8 Å². The van der Waals surface area contributed by atoms with Crippen LogP contribution < -0.4 is 10.0 Å². The fraction of sp³-hybridized carbons (Fsp3) is 0.550. The molecule has 8 heteroatoms. The summed E-state index contributed by atoms with van der Waals surface area (Å²) in [6, 6.07) is 7.50. The summed E-state index contributed by atoms with van der Waals surface area (Å²) >= 11 is 1.65. The van der Waals surface area contributed by atoms with Gasteiger partial charge >= 0.3 is 0 Å². The number of aryl methyl sites for hydroxylation is 3. The predicted octanol–water partition coefficient (Wildman–Crippen LogP) is 4.39. The molecule has 28 heavy (non-hydrogen) atoms. The summed E-state index contributed by atoms with van der Waals surface area (Å²) in [7, 11) is 1.83. The van der Waals surface area contributed by atoms with E-state index in [-0.39, 0.29) is 0 Å². The normalized spacial score (nSPS) is 17.2. The number of rotatable bonds is 7. The molecule has 6 nitrogen and oxygen atoms in total. The lowest BCUT2D eigenvalue weighted by molar-refractivity contribution is 0.347. The van der Waals surface area contributed by atoms with Crippen molar-refractivity contribution in [1.82, 2.24) is 15.1 Å². The van der Waals surface area contributed by atoms with Crippen molar-refractivity contribution in [3.63, 3.8) is 0 Å². The minimum atomic E-state index is -4.24. The number of nitrogens with one attached hydrogen (secondary N) is 2. The van der Waals surface area contributed by atoms with Crippen molar-refractivity contribution in [3.05, 3.63) is 41.2 Å². The van der Waals surface area contributed by atoms with E-state index in [1.165, 1.54) is 31.2 Å². The van der Waals surface area contributed by atoms with E-state index >= 15 is 0 Å². The Kier molecular flexibility index (Phi) is 6.53. The smallest absolute Gasteiger partial charge is 0.0979 e. The number of benzene rings is 1. The van der Waals surface area contributed by atoms with Crippen molar-refractivity contribution in [2.75, 3.05) is 17.8 Å². The average Bonchev–Trinajstić information content (AvgIpc) is 2.88. The molecular weight excluding hydrogens is 487 g/mol. The van der Waals surface area contributed by atoms with E-state index in [0.717, 1.165) is 31.1 Å². The largest absolute Gasteiger partial charge is 0.317 e. The summed E-state index contributed by atoms with van der Waals surface area (Å²) in [6.45, 7) is 1.76. The van der Waals surface area contributed by atoms with E-state index in [0.29, 0.717) is 16.3 Å². The van der Waals surface area contributed by atoms with Crippen molar-refractivity contribution in [3.8, 4) is 0 Å². The van der Waals surface area contributed by atoms with Gasteiger partial charge in [0.25, 0.3) is 0 Å². The summed E-state index contributed by atoms with van der Waals surface area (Å²) in [5.41, 5.74) is 3.36. The Balaban J connectivity index is 1.66. The first-order valence-electron chi connectivity index (χ1n) is 9.86. The topological polar surface area (TPSA) is 79.2 Å². The van der Waals surface area contributed by atoms with E-state index < -0.39 is 6.70 Å². The first-order chi connectivity index (χ1) is 13.1.